The van der Waals surface area contributed by atoms with E-state index in [-0.39, 0.29) is 5.56 Å². The number of aromatic nitrogens is 2. The fraction of sp³-hybridized carbons (Fsp3) is 0.286. The lowest BCUT2D eigenvalue weighted by Gasteiger charge is -2.10. The molecule has 4 heteroatoms. The fourth-order valence-corrected chi connectivity index (χ4v) is 2.38. The molecule has 0 unspecified atom stereocenters. The standard InChI is InChI=1S/C14H16N2OS/c1-10-4-6-12(7-5-10)9-16-13(17)8-11(2)15-14(16)18-3/h4-8H,9H2,1-3H3. The third-order valence-electron chi connectivity index (χ3n) is 2.75. The van der Waals surface area contributed by atoms with Crippen molar-refractivity contribution in [1.82, 2.24) is 9.55 Å². The van der Waals surface area contributed by atoms with E-state index in [1.54, 1.807) is 10.6 Å². The van der Waals surface area contributed by atoms with Gasteiger partial charge in [-0.25, -0.2) is 4.98 Å². The van der Waals surface area contributed by atoms with E-state index in [0.717, 1.165) is 16.4 Å². The van der Waals surface area contributed by atoms with Gasteiger partial charge in [-0.2, -0.15) is 0 Å². The second-order valence-electron chi connectivity index (χ2n) is 4.29. The highest BCUT2D eigenvalue weighted by Crippen LogP contribution is 2.12. The van der Waals surface area contributed by atoms with Gasteiger partial charge in [-0.1, -0.05) is 41.6 Å². The summed E-state index contributed by atoms with van der Waals surface area (Å²) in [6.07, 6.45) is 1.94. The Morgan fingerprint density at radius 1 is 1.22 bits per heavy atom. The highest BCUT2D eigenvalue weighted by molar-refractivity contribution is 7.98. The van der Waals surface area contributed by atoms with Gasteiger partial charge in [0, 0.05) is 11.8 Å². The average molecular weight is 260 g/mol. The van der Waals surface area contributed by atoms with Gasteiger partial charge in [0.1, 0.15) is 0 Å². The number of benzene rings is 1. The van der Waals surface area contributed by atoms with Crippen LogP contribution in [-0.2, 0) is 6.54 Å². The van der Waals surface area contributed by atoms with Gasteiger partial charge < -0.3 is 0 Å². The monoisotopic (exact) mass is 260 g/mol. The Bertz CT molecular complexity index is 602. The number of aryl methyl sites for hydroxylation is 2. The summed E-state index contributed by atoms with van der Waals surface area (Å²) in [6, 6.07) is 9.78. The summed E-state index contributed by atoms with van der Waals surface area (Å²) in [7, 11) is 0. The number of rotatable bonds is 3. The molecule has 1 aromatic heterocycles. The molecule has 1 heterocycles. The SMILES string of the molecule is CSc1nc(C)cc(=O)n1Cc1ccc(C)cc1. The van der Waals surface area contributed by atoms with Crippen LogP contribution >= 0.6 is 11.8 Å². The first-order chi connectivity index (χ1) is 8.60. The van der Waals surface area contributed by atoms with Crippen molar-refractivity contribution in [3.05, 3.63) is 57.5 Å². The first-order valence-electron chi connectivity index (χ1n) is 5.78. The molecule has 3 nitrogen and oxygen atoms in total. The number of hydrogen-bond donors (Lipinski definition) is 0. The molecule has 0 aliphatic heterocycles. The van der Waals surface area contributed by atoms with Crippen molar-refractivity contribution in [2.45, 2.75) is 25.5 Å². The molecule has 94 valence electrons. The first-order valence-corrected chi connectivity index (χ1v) is 7.00. The average Bonchev–Trinajstić information content (AvgIpc) is 2.34. The van der Waals surface area contributed by atoms with E-state index < -0.39 is 0 Å². The molecule has 0 N–H and O–H groups in total. The Morgan fingerprint density at radius 3 is 2.50 bits per heavy atom. The Kier molecular flexibility index (Phi) is 3.87. The van der Waals surface area contributed by atoms with Crippen molar-refractivity contribution in [2.24, 2.45) is 0 Å². The van der Waals surface area contributed by atoms with E-state index in [1.165, 1.54) is 17.3 Å². The van der Waals surface area contributed by atoms with Crippen LogP contribution in [0.2, 0.25) is 0 Å². The molecule has 0 spiro atoms. The minimum absolute atomic E-state index is 0.00688. The highest BCUT2D eigenvalue weighted by Gasteiger charge is 2.06. The Hall–Kier alpha value is -1.55. The molecule has 2 aromatic rings. The van der Waals surface area contributed by atoms with Crippen LogP contribution in [-0.4, -0.2) is 15.8 Å². The van der Waals surface area contributed by atoms with Gasteiger partial charge in [0.15, 0.2) is 5.16 Å². The minimum Gasteiger partial charge on any atom is -0.283 e. The van der Waals surface area contributed by atoms with Crippen LogP contribution in [0.1, 0.15) is 16.8 Å². The van der Waals surface area contributed by atoms with Crippen molar-refractivity contribution in [1.29, 1.82) is 0 Å². The lowest BCUT2D eigenvalue weighted by molar-refractivity contribution is 0.639. The van der Waals surface area contributed by atoms with Crippen LogP contribution in [0, 0.1) is 13.8 Å². The van der Waals surface area contributed by atoms with Crippen molar-refractivity contribution in [2.75, 3.05) is 6.26 Å². The molecule has 0 saturated carbocycles. The molecular formula is C14H16N2OS. The Labute approximate surface area is 111 Å². The lowest BCUT2D eigenvalue weighted by atomic mass is 10.1. The fourth-order valence-electron chi connectivity index (χ4n) is 1.77. The van der Waals surface area contributed by atoms with Gasteiger partial charge in [-0.05, 0) is 25.7 Å². The summed E-state index contributed by atoms with van der Waals surface area (Å²) in [5.41, 5.74) is 3.11. The number of hydrogen-bond acceptors (Lipinski definition) is 3. The third kappa shape index (κ3) is 2.82. The molecular weight excluding hydrogens is 244 g/mol. The molecule has 0 bridgehead atoms. The molecule has 0 aliphatic rings. The van der Waals surface area contributed by atoms with Gasteiger partial charge >= 0.3 is 0 Å². The Morgan fingerprint density at radius 2 is 1.89 bits per heavy atom. The molecule has 0 saturated heterocycles. The summed E-state index contributed by atoms with van der Waals surface area (Å²) < 4.78 is 1.71. The van der Waals surface area contributed by atoms with E-state index in [0.29, 0.717) is 6.54 Å². The lowest BCUT2D eigenvalue weighted by Crippen LogP contribution is -2.23. The highest BCUT2D eigenvalue weighted by atomic mass is 32.2. The van der Waals surface area contributed by atoms with Gasteiger partial charge in [0.25, 0.3) is 5.56 Å². The molecule has 0 aliphatic carbocycles. The summed E-state index contributed by atoms with van der Waals surface area (Å²) in [5.74, 6) is 0. The van der Waals surface area contributed by atoms with Crippen LogP contribution in [0.3, 0.4) is 0 Å². The van der Waals surface area contributed by atoms with E-state index in [4.69, 9.17) is 0 Å². The smallest absolute Gasteiger partial charge is 0.254 e. The van der Waals surface area contributed by atoms with E-state index in [1.807, 2.05) is 25.3 Å². The molecule has 0 atom stereocenters. The number of nitrogens with zero attached hydrogens (tertiary/aromatic N) is 2. The van der Waals surface area contributed by atoms with Gasteiger partial charge in [0.2, 0.25) is 0 Å². The van der Waals surface area contributed by atoms with Gasteiger partial charge in [-0.3, -0.25) is 9.36 Å². The van der Waals surface area contributed by atoms with Crippen LogP contribution in [0.5, 0.6) is 0 Å². The topological polar surface area (TPSA) is 34.9 Å². The zero-order valence-electron chi connectivity index (χ0n) is 10.8. The molecule has 18 heavy (non-hydrogen) atoms. The first kappa shape index (κ1) is 12.9. The molecule has 0 amide bonds. The van der Waals surface area contributed by atoms with Crippen LogP contribution in [0.15, 0.2) is 40.3 Å². The summed E-state index contributed by atoms with van der Waals surface area (Å²) in [6.45, 7) is 4.47. The van der Waals surface area contributed by atoms with Crippen LogP contribution < -0.4 is 5.56 Å². The van der Waals surface area contributed by atoms with Crippen molar-refractivity contribution in [3.63, 3.8) is 0 Å². The summed E-state index contributed by atoms with van der Waals surface area (Å²) >= 11 is 1.50. The predicted octanol–water partition coefficient (Wildman–Crippen LogP) is 2.63. The minimum atomic E-state index is 0.00688. The maximum atomic E-state index is 12.0. The second kappa shape index (κ2) is 5.40. The molecule has 0 fully saturated rings. The van der Waals surface area contributed by atoms with Crippen LogP contribution in [0.25, 0.3) is 0 Å². The van der Waals surface area contributed by atoms with Crippen LogP contribution in [0.4, 0.5) is 0 Å². The summed E-state index contributed by atoms with van der Waals surface area (Å²) in [4.78, 5) is 16.4. The summed E-state index contributed by atoms with van der Waals surface area (Å²) in [5, 5.41) is 0.764. The number of thioether (sulfide) groups is 1. The van der Waals surface area contributed by atoms with Gasteiger partial charge in [0.05, 0.1) is 6.54 Å². The maximum absolute atomic E-state index is 12.0. The van der Waals surface area contributed by atoms with Crippen molar-refractivity contribution < 1.29 is 0 Å². The largest absolute Gasteiger partial charge is 0.283 e. The zero-order valence-corrected chi connectivity index (χ0v) is 11.6. The van der Waals surface area contributed by atoms with Crippen molar-refractivity contribution >= 4 is 11.8 Å². The molecule has 0 radical (unpaired) electrons. The Balaban J connectivity index is 2.39. The van der Waals surface area contributed by atoms with E-state index >= 15 is 0 Å². The molecule has 1 aromatic carbocycles. The third-order valence-corrected chi connectivity index (χ3v) is 3.42. The maximum Gasteiger partial charge on any atom is 0.254 e. The molecule has 2 rings (SSSR count). The van der Waals surface area contributed by atoms with E-state index in [2.05, 4.69) is 24.0 Å². The zero-order chi connectivity index (χ0) is 13.1. The quantitative estimate of drug-likeness (QED) is 0.628. The second-order valence-corrected chi connectivity index (χ2v) is 5.07. The predicted molar refractivity (Wildman–Crippen MR) is 75.3 cm³/mol. The van der Waals surface area contributed by atoms with E-state index in [9.17, 15) is 4.79 Å². The van der Waals surface area contributed by atoms with Crippen molar-refractivity contribution in [3.8, 4) is 0 Å². The van der Waals surface area contributed by atoms with Gasteiger partial charge in [-0.15, -0.1) is 0 Å². The normalized spacial score (nSPS) is 10.6.